The van der Waals surface area contributed by atoms with Gasteiger partial charge in [0.1, 0.15) is 0 Å². The van der Waals surface area contributed by atoms with Gasteiger partial charge in [0.25, 0.3) is 0 Å². The van der Waals surface area contributed by atoms with E-state index in [-0.39, 0.29) is 57.8 Å². The van der Waals surface area contributed by atoms with Crippen LogP contribution in [0.15, 0.2) is 36.4 Å². The quantitative estimate of drug-likeness (QED) is 0.135. The third-order valence-corrected chi connectivity index (χ3v) is 4.87. The molecular formula is C22H36Cl4N8Ni2O8. The molecule has 2 aliphatic heterocycles. The Balaban J connectivity index is -0.000000262. The molecule has 0 amide bonds. The van der Waals surface area contributed by atoms with E-state index >= 15 is 0 Å². The zero-order valence-electron chi connectivity index (χ0n) is 23.3. The number of rotatable bonds is 0. The molecule has 22 heteroatoms. The van der Waals surface area contributed by atoms with E-state index in [1.54, 1.807) is 0 Å². The van der Waals surface area contributed by atoms with Gasteiger partial charge < -0.3 is 56.7 Å². The van der Waals surface area contributed by atoms with Crippen molar-refractivity contribution in [1.82, 2.24) is 41.9 Å². The number of nitrogens with zero attached hydrogens (tertiary/aromatic N) is 2. The molecule has 0 aromatic carbocycles. The van der Waals surface area contributed by atoms with Crippen molar-refractivity contribution in [3.05, 3.63) is 59.2 Å². The van der Waals surface area contributed by atoms with Gasteiger partial charge in [0.15, 0.2) is 0 Å². The molecule has 0 unspecified atom stereocenters. The fourth-order valence-corrected chi connectivity index (χ4v) is 3.28. The second-order valence-electron chi connectivity index (χ2n) is 8.20. The predicted octanol–water partition coefficient (Wildman–Crippen LogP) is -15.8. The fourth-order valence-electron chi connectivity index (χ4n) is 3.28. The summed E-state index contributed by atoms with van der Waals surface area (Å²) in [7, 11) is -9.89. The third-order valence-electron chi connectivity index (χ3n) is 4.87. The summed E-state index contributed by atoms with van der Waals surface area (Å²) in [5, 5.41) is 20.2. The summed E-state index contributed by atoms with van der Waals surface area (Å²) in [5.41, 5.74) is 4.48. The summed E-state index contributed by atoms with van der Waals surface area (Å²) in [6.07, 6.45) is 0. The standard InChI is InChI=1S/2C11H18N4.2ClHO4.2ClH.2Ni/c2*1-2-10-8-13-6-4-12-5-7-14-9-11(3-1)15-10;2*2-1(3,4)5;;;;/h2*1-3,12-14H,4-9H2;2*(H,2,3,4,5);2*1H;;/q;;;;;;2*+2/p-4. The monoisotopic (exact) mass is 796 g/mol. The Bertz CT molecular complexity index is 808. The number of hydrogen-bond donors (Lipinski definition) is 6. The molecule has 4 bridgehead atoms. The van der Waals surface area contributed by atoms with Gasteiger partial charge in [-0.05, 0) is 24.3 Å². The van der Waals surface area contributed by atoms with Gasteiger partial charge in [-0.3, -0.25) is 9.97 Å². The maximum Gasteiger partial charge on any atom is 2.00 e. The minimum absolute atomic E-state index is 0. The van der Waals surface area contributed by atoms with E-state index in [9.17, 15) is 0 Å². The minimum atomic E-state index is -4.94. The number of halogens is 4. The van der Waals surface area contributed by atoms with Crippen LogP contribution in [0, 0.1) is 20.5 Å². The molecule has 0 radical (unpaired) electrons. The van der Waals surface area contributed by atoms with Gasteiger partial charge in [-0.2, -0.15) is 0 Å². The van der Waals surface area contributed by atoms with Crippen molar-refractivity contribution in [2.45, 2.75) is 26.2 Å². The first-order chi connectivity index (χ1) is 18.9. The van der Waals surface area contributed by atoms with Crippen molar-refractivity contribution in [1.29, 1.82) is 0 Å². The van der Waals surface area contributed by atoms with Gasteiger partial charge in [-0.1, -0.05) is 12.1 Å². The zero-order chi connectivity index (χ0) is 29.7. The molecule has 0 saturated heterocycles. The smallest absolute Gasteiger partial charge is 1.00 e. The molecular weight excluding hydrogens is 763 g/mol. The Morgan fingerprint density at radius 1 is 0.409 bits per heavy atom. The Morgan fingerprint density at radius 3 is 0.795 bits per heavy atom. The zero-order valence-corrected chi connectivity index (χ0v) is 28.3. The van der Waals surface area contributed by atoms with Crippen molar-refractivity contribution < 1.29 is 116 Å². The molecule has 16 nitrogen and oxygen atoms in total. The number of aromatic nitrogens is 2. The first-order valence-corrected chi connectivity index (χ1v) is 14.7. The van der Waals surface area contributed by atoms with E-state index < -0.39 is 20.5 Å². The molecule has 2 aliphatic rings. The SMILES string of the molecule is [Cl-].[Cl-].[Ni+2].[Ni+2].[O-][Cl+3]([O-])([O-])[O-].[O-][Cl+3]([O-])([O-])[O-].c1cc2nc(c1)CNCCNCCNC2.c1cc2nc(c1)CNCCNCCNC2. The van der Waals surface area contributed by atoms with Crippen LogP contribution in [0.2, 0.25) is 0 Å². The van der Waals surface area contributed by atoms with E-state index in [1.807, 2.05) is 0 Å². The Kier molecular flexibility index (Phi) is 34.9. The first kappa shape index (κ1) is 50.7. The normalized spacial score (nSPS) is 15.6. The average Bonchev–Trinajstić information content (AvgIpc) is 2.84. The number of pyridine rings is 2. The molecule has 0 saturated carbocycles. The van der Waals surface area contributed by atoms with E-state index in [4.69, 9.17) is 37.3 Å². The van der Waals surface area contributed by atoms with Crippen LogP contribution >= 0.6 is 0 Å². The Morgan fingerprint density at radius 2 is 0.591 bits per heavy atom. The summed E-state index contributed by atoms with van der Waals surface area (Å²) in [5.74, 6) is 0. The van der Waals surface area contributed by atoms with Gasteiger partial charge in [0, 0.05) is 78.5 Å². The van der Waals surface area contributed by atoms with E-state index in [2.05, 4.69) is 78.3 Å². The van der Waals surface area contributed by atoms with E-state index in [1.165, 1.54) is 0 Å². The average molecular weight is 800 g/mol. The van der Waals surface area contributed by atoms with Crippen molar-refractivity contribution >= 4 is 0 Å². The van der Waals surface area contributed by atoms with Gasteiger partial charge in [0.05, 0.1) is 22.8 Å². The molecule has 0 aliphatic carbocycles. The minimum Gasteiger partial charge on any atom is -1.00 e. The fraction of sp³-hybridized carbons (Fsp3) is 0.545. The number of nitrogens with one attached hydrogen (secondary N) is 6. The van der Waals surface area contributed by atoms with Crippen molar-refractivity contribution in [2.75, 3.05) is 52.4 Å². The van der Waals surface area contributed by atoms with Crippen LogP contribution < -0.4 is 94.0 Å². The third kappa shape index (κ3) is 36.4. The second-order valence-corrected chi connectivity index (χ2v) is 9.72. The summed E-state index contributed by atoms with van der Waals surface area (Å²) in [6, 6.07) is 12.4. The van der Waals surface area contributed by atoms with Crippen molar-refractivity contribution in [3.8, 4) is 0 Å². The Hall–Kier alpha value is -0.113. The molecule has 2 aromatic heterocycles. The summed E-state index contributed by atoms with van der Waals surface area (Å²) < 4.78 is 67.9. The van der Waals surface area contributed by atoms with Gasteiger partial charge >= 0.3 is 33.0 Å². The van der Waals surface area contributed by atoms with Crippen molar-refractivity contribution in [2.24, 2.45) is 0 Å². The molecule has 0 fully saturated rings. The number of fused-ring (bicyclic) bond motifs is 4. The molecule has 6 N–H and O–H groups in total. The van der Waals surface area contributed by atoms with Crippen LogP contribution in [0.3, 0.4) is 0 Å². The van der Waals surface area contributed by atoms with Crippen LogP contribution in [0.5, 0.6) is 0 Å². The van der Waals surface area contributed by atoms with Gasteiger partial charge in [-0.15, -0.1) is 20.5 Å². The molecule has 4 rings (SSSR count). The van der Waals surface area contributed by atoms with Crippen LogP contribution in [0.1, 0.15) is 22.8 Å². The van der Waals surface area contributed by atoms with E-state index in [0.29, 0.717) is 0 Å². The van der Waals surface area contributed by atoms with Crippen LogP contribution in [0.25, 0.3) is 0 Å². The van der Waals surface area contributed by atoms with Crippen molar-refractivity contribution in [3.63, 3.8) is 0 Å². The predicted molar refractivity (Wildman–Crippen MR) is 121 cm³/mol. The largest absolute Gasteiger partial charge is 2.00 e. The van der Waals surface area contributed by atoms with Crippen LogP contribution in [0.4, 0.5) is 0 Å². The molecule has 0 atom stereocenters. The Labute approximate surface area is 293 Å². The van der Waals surface area contributed by atoms with Crippen LogP contribution in [-0.4, -0.2) is 62.3 Å². The maximum absolute atomic E-state index is 8.49. The molecule has 2 aromatic rings. The number of hydrogen-bond acceptors (Lipinski definition) is 16. The van der Waals surface area contributed by atoms with Gasteiger partial charge in [0.2, 0.25) is 0 Å². The summed E-state index contributed by atoms with van der Waals surface area (Å²) in [6.45, 7) is 11.5. The van der Waals surface area contributed by atoms with Gasteiger partial charge in [-0.25, -0.2) is 37.3 Å². The topological polar surface area (TPSA) is 282 Å². The molecule has 44 heavy (non-hydrogen) atoms. The molecule has 4 heterocycles. The van der Waals surface area contributed by atoms with Crippen LogP contribution in [-0.2, 0) is 59.2 Å². The van der Waals surface area contributed by atoms with E-state index in [0.717, 1.165) is 101 Å². The maximum atomic E-state index is 8.49. The first-order valence-electron chi connectivity index (χ1n) is 12.3. The summed E-state index contributed by atoms with van der Waals surface area (Å²) >= 11 is 0. The molecule has 0 spiro atoms. The molecule has 260 valence electrons. The summed E-state index contributed by atoms with van der Waals surface area (Å²) in [4.78, 5) is 9.12. The second kappa shape index (κ2) is 30.2.